The van der Waals surface area contributed by atoms with Crippen LogP contribution in [0.15, 0.2) is 23.6 Å². The van der Waals surface area contributed by atoms with Crippen LogP contribution in [-0.2, 0) is 0 Å². The molecule has 0 bridgehead atoms. The highest BCUT2D eigenvalue weighted by molar-refractivity contribution is 7.14. The lowest BCUT2D eigenvalue weighted by Gasteiger charge is -2.04. The molecule has 7 heteroatoms. The number of phenolic OH excluding ortho intramolecular Hbond substituents is 2. The Morgan fingerprint density at radius 3 is 2.74 bits per heavy atom. The lowest BCUT2D eigenvalue weighted by molar-refractivity contribution is 0.102. The van der Waals surface area contributed by atoms with Crippen LogP contribution in [-0.4, -0.2) is 26.2 Å². The van der Waals surface area contributed by atoms with E-state index in [9.17, 15) is 15.0 Å². The Balaban J connectivity index is 2.16. The van der Waals surface area contributed by atoms with E-state index in [-0.39, 0.29) is 17.1 Å². The maximum absolute atomic E-state index is 11.9. The average Bonchev–Trinajstić information content (AvgIpc) is 2.77. The molecular weight excluding hydrogens is 268 g/mol. The molecule has 19 heavy (non-hydrogen) atoms. The van der Waals surface area contributed by atoms with E-state index in [1.165, 1.54) is 23.5 Å². The maximum Gasteiger partial charge on any atom is 0.261 e. The highest BCUT2D eigenvalue weighted by Crippen LogP contribution is 2.25. The number of benzene rings is 1. The molecule has 1 aromatic carbocycles. The van der Waals surface area contributed by atoms with E-state index >= 15 is 0 Å². The molecule has 0 aliphatic rings. The normalized spacial score (nSPS) is 12.1. The van der Waals surface area contributed by atoms with Crippen molar-refractivity contribution in [2.24, 2.45) is 0 Å². The third-order valence-corrected chi connectivity index (χ3v) is 3.17. The van der Waals surface area contributed by atoms with E-state index in [1.54, 1.807) is 12.3 Å². The minimum absolute atomic E-state index is 0.0339. The highest BCUT2D eigenvalue weighted by Gasteiger charge is 2.14. The number of aliphatic hydroxyl groups excluding tert-OH is 1. The van der Waals surface area contributed by atoms with Crippen LogP contribution in [0.4, 0.5) is 5.13 Å². The Morgan fingerprint density at radius 1 is 1.42 bits per heavy atom. The zero-order valence-corrected chi connectivity index (χ0v) is 10.8. The molecule has 6 nitrogen and oxygen atoms in total. The van der Waals surface area contributed by atoms with Gasteiger partial charge in [-0.05, 0) is 19.1 Å². The molecule has 1 atom stereocenters. The first kappa shape index (κ1) is 13.3. The summed E-state index contributed by atoms with van der Waals surface area (Å²) in [4.78, 5) is 15.9. The molecule has 1 unspecified atom stereocenters. The topological polar surface area (TPSA) is 103 Å². The van der Waals surface area contributed by atoms with Gasteiger partial charge in [-0.1, -0.05) is 0 Å². The quantitative estimate of drug-likeness (QED) is 0.687. The van der Waals surface area contributed by atoms with Crippen LogP contribution in [0.1, 0.15) is 29.1 Å². The minimum atomic E-state index is -0.705. The number of amides is 1. The van der Waals surface area contributed by atoms with E-state index in [4.69, 9.17) is 5.11 Å². The Bertz CT molecular complexity index is 610. The fraction of sp³-hybridized carbons (Fsp3) is 0.167. The average molecular weight is 280 g/mol. The molecule has 0 saturated carbocycles. The second-order valence-corrected chi connectivity index (χ2v) is 4.77. The van der Waals surface area contributed by atoms with Crippen molar-refractivity contribution in [2.45, 2.75) is 13.0 Å². The first-order valence-electron chi connectivity index (χ1n) is 5.44. The van der Waals surface area contributed by atoms with E-state index in [2.05, 4.69) is 10.3 Å². The van der Waals surface area contributed by atoms with Gasteiger partial charge in [0.1, 0.15) is 11.5 Å². The number of aromatic nitrogens is 1. The van der Waals surface area contributed by atoms with E-state index in [0.717, 1.165) is 6.07 Å². The number of carbonyl (C=O) groups is 1. The molecule has 0 aliphatic carbocycles. The van der Waals surface area contributed by atoms with Crippen molar-refractivity contribution >= 4 is 22.4 Å². The smallest absolute Gasteiger partial charge is 0.261 e. The van der Waals surface area contributed by atoms with Gasteiger partial charge in [-0.25, -0.2) is 4.98 Å². The molecule has 4 N–H and O–H groups in total. The Kier molecular flexibility index (Phi) is 3.68. The van der Waals surface area contributed by atoms with Gasteiger partial charge in [0.05, 0.1) is 17.4 Å². The fourth-order valence-electron chi connectivity index (χ4n) is 1.41. The van der Waals surface area contributed by atoms with Crippen LogP contribution in [0, 0.1) is 0 Å². The van der Waals surface area contributed by atoms with Crippen LogP contribution in [0.3, 0.4) is 0 Å². The zero-order chi connectivity index (χ0) is 14.0. The lowest BCUT2D eigenvalue weighted by Crippen LogP contribution is -2.12. The number of anilines is 1. The Labute approximate surface area is 113 Å². The molecule has 1 aromatic heterocycles. The number of carbonyl (C=O) groups excluding carboxylic acids is 1. The predicted molar refractivity (Wildman–Crippen MR) is 70.5 cm³/mol. The predicted octanol–water partition coefficient (Wildman–Crippen LogP) is 1.86. The van der Waals surface area contributed by atoms with Crippen molar-refractivity contribution in [3.63, 3.8) is 0 Å². The van der Waals surface area contributed by atoms with Gasteiger partial charge in [0.15, 0.2) is 5.13 Å². The van der Waals surface area contributed by atoms with Gasteiger partial charge in [-0.2, -0.15) is 0 Å². The van der Waals surface area contributed by atoms with Crippen molar-refractivity contribution in [3.05, 3.63) is 34.8 Å². The number of hydrogen-bond donors (Lipinski definition) is 4. The number of aliphatic hydroxyl groups is 1. The number of rotatable bonds is 3. The first-order valence-corrected chi connectivity index (χ1v) is 6.32. The first-order chi connectivity index (χ1) is 8.97. The van der Waals surface area contributed by atoms with Gasteiger partial charge >= 0.3 is 0 Å². The van der Waals surface area contributed by atoms with E-state index < -0.39 is 12.0 Å². The molecule has 100 valence electrons. The van der Waals surface area contributed by atoms with Crippen LogP contribution in [0.2, 0.25) is 0 Å². The van der Waals surface area contributed by atoms with Crippen molar-refractivity contribution in [1.82, 2.24) is 4.98 Å². The molecule has 0 aliphatic heterocycles. The van der Waals surface area contributed by atoms with Crippen LogP contribution in [0.25, 0.3) is 0 Å². The van der Waals surface area contributed by atoms with E-state index in [1.807, 2.05) is 0 Å². The minimum Gasteiger partial charge on any atom is -0.508 e. The van der Waals surface area contributed by atoms with Crippen LogP contribution < -0.4 is 5.32 Å². The summed E-state index contributed by atoms with van der Waals surface area (Å²) in [5.41, 5.74) is 0.502. The van der Waals surface area contributed by atoms with Crippen molar-refractivity contribution < 1.29 is 20.1 Å². The Hall–Kier alpha value is -2.12. The summed E-state index contributed by atoms with van der Waals surface area (Å²) < 4.78 is 0. The number of nitrogens with one attached hydrogen (secondary N) is 1. The molecule has 2 rings (SSSR count). The molecule has 0 spiro atoms. The second kappa shape index (κ2) is 5.25. The molecule has 0 fully saturated rings. The van der Waals surface area contributed by atoms with Gasteiger partial charge in [-0.15, -0.1) is 11.3 Å². The third kappa shape index (κ3) is 3.01. The molecule has 0 radical (unpaired) electrons. The summed E-state index contributed by atoms with van der Waals surface area (Å²) in [6.45, 7) is 1.58. The summed E-state index contributed by atoms with van der Waals surface area (Å²) in [6, 6.07) is 3.69. The molecule has 1 heterocycles. The van der Waals surface area contributed by atoms with Gasteiger partial charge in [0.25, 0.3) is 5.91 Å². The number of thiazole rings is 1. The number of hydrogen-bond acceptors (Lipinski definition) is 6. The fourth-order valence-corrected chi connectivity index (χ4v) is 2.20. The van der Waals surface area contributed by atoms with Gasteiger partial charge < -0.3 is 15.3 Å². The molecule has 0 saturated heterocycles. The van der Waals surface area contributed by atoms with Gasteiger partial charge in [0, 0.05) is 11.4 Å². The van der Waals surface area contributed by atoms with E-state index in [0.29, 0.717) is 10.8 Å². The monoisotopic (exact) mass is 280 g/mol. The summed E-state index contributed by atoms with van der Waals surface area (Å²) in [6.07, 6.45) is -0.705. The van der Waals surface area contributed by atoms with Crippen LogP contribution >= 0.6 is 11.3 Å². The molecule has 1 amide bonds. The molecule has 2 aromatic rings. The highest BCUT2D eigenvalue weighted by atomic mass is 32.1. The molecular formula is C12H12N2O4S. The van der Waals surface area contributed by atoms with Crippen LogP contribution in [0.5, 0.6) is 11.5 Å². The summed E-state index contributed by atoms with van der Waals surface area (Å²) in [5.74, 6) is -0.978. The third-order valence-electron chi connectivity index (χ3n) is 2.40. The number of nitrogens with zero attached hydrogens (tertiary/aromatic N) is 1. The number of phenols is 2. The summed E-state index contributed by atoms with van der Waals surface area (Å²) >= 11 is 1.18. The number of aromatic hydroxyl groups is 2. The standard InChI is InChI=1S/C12H12N2O4S/c1-6(15)9-5-19-12(13-9)14-11(18)8-3-2-7(16)4-10(8)17/h2-6,15-17H,1H3,(H,13,14,18). The van der Waals surface area contributed by atoms with Crippen molar-refractivity contribution in [3.8, 4) is 11.5 Å². The zero-order valence-electron chi connectivity index (χ0n) is 9.99. The Morgan fingerprint density at radius 2 is 2.16 bits per heavy atom. The second-order valence-electron chi connectivity index (χ2n) is 3.91. The summed E-state index contributed by atoms with van der Waals surface area (Å²) in [5, 5.41) is 32.5. The van der Waals surface area contributed by atoms with Crippen molar-refractivity contribution in [1.29, 1.82) is 0 Å². The largest absolute Gasteiger partial charge is 0.508 e. The summed E-state index contributed by atoms with van der Waals surface area (Å²) in [7, 11) is 0. The maximum atomic E-state index is 11.9. The van der Waals surface area contributed by atoms with Gasteiger partial charge in [0.2, 0.25) is 0 Å². The van der Waals surface area contributed by atoms with Gasteiger partial charge in [-0.3, -0.25) is 10.1 Å². The lowest BCUT2D eigenvalue weighted by atomic mass is 10.2. The SMILES string of the molecule is CC(O)c1csc(NC(=O)c2ccc(O)cc2O)n1. The van der Waals surface area contributed by atoms with Crippen molar-refractivity contribution in [2.75, 3.05) is 5.32 Å².